The molecule has 12 aromatic carbocycles. The number of methoxy groups -OCH3 is 1. The number of hydrogen-bond donors (Lipinski definition) is 0. The zero-order valence-corrected chi connectivity index (χ0v) is 66.8. The fourth-order valence-electron chi connectivity index (χ4n) is 11.7. The molecule has 0 aliphatic rings. The number of ether oxygens (including phenoxy) is 5. The van der Waals surface area contributed by atoms with Crippen molar-refractivity contribution in [3.63, 3.8) is 0 Å². The molecule has 0 radical (unpaired) electrons. The van der Waals surface area contributed by atoms with Crippen molar-refractivity contribution in [3.8, 4) is 28.7 Å². The van der Waals surface area contributed by atoms with Crippen LogP contribution in [0.3, 0.4) is 0 Å². The van der Waals surface area contributed by atoms with Gasteiger partial charge in [-0.15, -0.1) is 0 Å². The van der Waals surface area contributed by atoms with Crippen molar-refractivity contribution in [2.24, 2.45) is 0 Å². The number of carbonyl (C=O) groups excluding carboxylic acids is 4. The van der Waals surface area contributed by atoms with E-state index in [4.69, 9.17) is 23.7 Å². The van der Waals surface area contributed by atoms with Crippen LogP contribution in [0.4, 0.5) is 68.2 Å². The van der Waals surface area contributed by atoms with Gasteiger partial charge in [-0.2, -0.15) is 0 Å². The zero-order valence-electron chi connectivity index (χ0n) is 66.8. The van der Waals surface area contributed by atoms with E-state index in [2.05, 4.69) is 238 Å². The Morgan fingerprint density at radius 1 is 0.250 bits per heavy atom. The van der Waals surface area contributed by atoms with Crippen molar-refractivity contribution in [1.29, 1.82) is 0 Å². The minimum atomic E-state index is -0.471. The Labute approximate surface area is 660 Å². The monoisotopic (exact) mass is 1490 g/mol. The summed E-state index contributed by atoms with van der Waals surface area (Å²) < 4.78 is 26.4. The summed E-state index contributed by atoms with van der Waals surface area (Å²) in [6.07, 6.45) is 2.32. The number of carbonyl (C=O) groups is 4. The standard InChI is InChI=1S/C26H27NO2.2C25H25NO2.C23H21NO3/c1-17(2)26(28)29-25-13-11-22(12-14-25)27(23-9-7-18(3)20(5)15-23)24-10-8-19(4)21(6)16-24;1-6-25(27)28-24-13-11-21(12-14-24)26(22-9-7-17(2)19(4)15-22)23-10-8-18(3)20(5)16-23;1-6-25(27)28-24-9-7-8-21(16-24)26(22-12-10-17(2)19(4)14-22)23-13-11-18(3)20(5)15-23;1-17(2)23(25)27-22-15-11-20(12-16-22)24(18-7-5-4-6-8-18)19-9-13-21(26-3)14-10-19/h7-16H,1H2,2-6H3;2*6-16H,1H2,2-5H3;4-16H,1H2,2-3H3. The molecule has 0 aliphatic carbocycles. The first-order chi connectivity index (χ1) is 53.6. The molecule has 568 valence electrons. The molecule has 0 saturated heterocycles. The van der Waals surface area contributed by atoms with Crippen LogP contribution >= 0.6 is 0 Å². The van der Waals surface area contributed by atoms with E-state index in [1.807, 2.05) is 121 Å². The van der Waals surface area contributed by atoms with Crippen molar-refractivity contribution in [2.45, 2.75) is 96.9 Å². The second-order valence-electron chi connectivity index (χ2n) is 27.6. The summed E-state index contributed by atoms with van der Waals surface area (Å²) in [5, 5.41) is 0. The normalized spacial score (nSPS) is 10.4. The van der Waals surface area contributed by atoms with E-state index in [1.54, 1.807) is 51.3 Å². The number of para-hydroxylation sites is 1. The van der Waals surface area contributed by atoms with Gasteiger partial charge in [0.05, 0.1) is 7.11 Å². The molecule has 0 aliphatic heterocycles. The van der Waals surface area contributed by atoms with Gasteiger partial charge in [-0.25, -0.2) is 19.2 Å². The maximum absolute atomic E-state index is 11.8. The Morgan fingerprint density at radius 3 is 0.741 bits per heavy atom. The van der Waals surface area contributed by atoms with E-state index >= 15 is 0 Å². The first-order valence-corrected chi connectivity index (χ1v) is 36.8. The number of rotatable bonds is 21. The number of nitrogens with zero attached hydrogens (tertiary/aromatic N) is 4. The van der Waals surface area contributed by atoms with Crippen LogP contribution in [-0.4, -0.2) is 31.0 Å². The topological polar surface area (TPSA) is 127 Å². The van der Waals surface area contributed by atoms with Crippen LogP contribution in [0.2, 0.25) is 0 Å². The molecule has 12 rings (SSSR count). The van der Waals surface area contributed by atoms with Gasteiger partial charge >= 0.3 is 23.9 Å². The Hall–Kier alpha value is -13.5. The maximum atomic E-state index is 11.8. The number of benzene rings is 12. The molecule has 0 heterocycles. The van der Waals surface area contributed by atoms with E-state index in [0.29, 0.717) is 34.1 Å². The number of aryl methyl sites for hydroxylation is 12. The van der Waals surface area contributed by atoms with Crippen molar-refractivity contribution >= 4 is 92.1 Å². The maximum Gasteiger partial charge on any atom is 0.338 e. The molecule has 0 fully saturated rings. The van der Waals surface area contributed by atoms with Crippen LogP contribution < -0.4 is 43.3 Å². The largest absolute Gasteiger partial charge is 0.497 e. The highest BCUT2D eigenvalue weighted by Crippen LogP contribution is 2.42. The molecule has 0 amide bonds. The quantitative estimate of drug-likeness (QED) is 0.0385. The average molecular weight is 1490 g/mol. The Bertz CT molecular complexity index is 5220. The molecule has 12 aromatic rings. The summed E-state index contributed by atoms with van der Waals surface area (Å²) in [7, 11) is 1.65. The van der Waals surface area contributed by atoms with Gasteiger partial charge in [0, 0.05) is 97.6 Å². The number of anilines is 12. The highest BCUT2D eigenvalue weighted by atomic mass is 16.5. The van der Waals surface area contributed by atoms with Crippen molar-refractivity contribution in [3.05, 3.63) is 377 Å². The van der Waals surface area contributed by atoms with E-state index < -0.39 is 23.9 Å². The molecule has 0 spiro atoms. The SMILES string of the molecule is C=C(C)C(=O)Oc1ccc(N(c2ccc(C)c(C)c2)c2ccc(C)c(C)c2)cc1.C=C(C)C(=O)Oc1ccc(N(c2ccccc2)c2ccc(OC)cc2)cc1.C=CC(=O)Oc1ccc(N(c2ccc(C)c(C)c2)c2ccc(C)c(C)c2)cc1.C=CC(=O)Oc1cccc(N(c2ccc(C)c(C)c2)c2ccc(C)c(C)c2)c1. The van der Waals surface area contributed by atoms with Gasteiger partial charge in [0.25, 0.3) is 0 Å². The Balaban J connectivity index is 0.000000171. The van der Waals surface area contributed by atoms with Crippen molar-refractivity contribution in [2.75, 3.05) is 26.7 Å². The minimum absolute atomic E-state index is 0.364. The van der Waals surface area contributed by atoms with Gasteiger partial charge in [-0.1, -0.05) is 87.0 Å². The summed E-state index contributed by atoms with van der Waals surface area (Å²) in [6.45, 7) is 42.7. The molecule has 0 N–H and O–H groups in total. The molecular weight excluding hydrogens is 1390 g/mol. The summed E-state index contributed by atoms with van der Waals surface area (Å²) in [5.74, 6) is 0.976. The molecule has 0 atom stereocenters. The summed E-state index contributed by atoms with van der Waals surface area (Å²) in [4.78, 5) is 55.2. The lowest BCUT2D eigenvalue weighted by molar-refractivity contribution is -0.130. The summed E-state index contributed by atoms with van der Waals surface area (Å²) >= 11 is 0. The minimum Gasteiger partial charge on any atom is -0.497 e. The van der Waals surface area contributed by atoms with Gasteiger partial charge < -0.3 is 43.3 Å². The lowest BCUT2D eigenvalue weighted by atomic mass is 10.1. The number of hydrogen-bond acceptors (Lipinski definition) is 13. The Kier molecular flexibility index (Phi) is 28.4. The Morgan fingerprint density at radius 2 is 0.473 bits per heavy atom. The van der Waals surface area contributed by atoms with Crippen molar-refractivity contribution < 1.29 is 42.9 Å². The fraction of sp³-hybridized carbons (Fsp3) is 0.152. The van der Waals surface area contributed by atoms with E-state index in [0.717, 1.165) is 86.2 Å². The highest BCUT2D eigenvalue weighted by molar-refractivity contribution is 5.90. The molecule has 0 unspecified atom stereocenters. The van der Waals surface area contributed by atoms with E-state index in [9.17, 15) is 19.2 Å². The molecule has 13 heteroatoms. The van der Waals surface area contributed by atoms with Gasteiger partial charge in [0.2, 0.25) is 0 Å². The highest BCUT2D eigenvalue weighted by Gasteiger charge is 2.20. The predicted molar refractivity (Wildman–Crippen MR) is 460 cm³/mol. The second-order valence-corrected chi connectivity index (χ2v) is 27.6. The van der Waals surface area contributed by atoms with Gasteiger partial charge in [-0.3, -0.25) is 0 Å². The van der Waals surface area contributed by atoms with Gasteiger partial charge in [-0.05, 0) is 358 Å². The summed E-state index contributed by atoms with van der Waals surface area (Å²) in [6, 6.07) is 86.5. The molecule has 0 bridgehead atoms. The lowest BCUT2D eigenvalue weighted by Crippen LogP contribution is -2.11. The lowest BCUT2D eigenvalue weighted by Gasteiger charge is -2.27. The van der Waals surface area contributed by atoms with Gasteiger partial charge in [0.1, 0.15) is 28.7 Å². The molecule has 0 saturated carbocycles. The first-order valence-electron chi connectivity index (χ1n) is 36.8. The van der Waals surface area contributed by atoms with Gasteiger partial charge in [0.15, 0.2) is 0 Å². The predicted octanol–water partition coefficient (Wildman–Crippen LogP) is 25.5. The number of esters is 4. The van der Waals surface area contributed by atoms with Crippen LogP contribution in [0, 0.1) is 83.1 Å². The van der Waals surface area contributed by atoms with E-state index in [-0.39, 0.29) is 0 Å². The van der Waals surface area contributed by atoms with Crippen LogP contribution in [0.25, 0.3) is 0 Å². The third-order valence-electron chi connectivity index (χ3n) is 19.1. The third-order valence-corrected chi connectivity index (χ3v) is 19.1. The third kappa shape index (κ3) is 21.9. The first kappa shape index (κ1) is 82.5. The van der Waals surface area contributed by atoms with Crippen LogP contribution in [0.15, 0.2) is 310 Å². The molecule has 0 aromatic heterocycles. The molecule has 13 nitrogen and oxygen atoms in total. The zero-order chi connectivity index (χ0) is 80.9. The van der Waals surface area contributed by atoms with E-state index in [1.165, 1.54) is 66.8 Å². The molecule has 112 heavy (non-hydrogen) atoms. The second kappa shape index (κ2) is 38.5. The molecular formula is C99H98N4O9. The smallest absolute Gasteiger partial charge is 0.338 e. The van der Waals surface area contributed by atoms with Crippen LogP contribution in [0.5, 0.6) is 28.7 Å². The van der Waals surface area contributed by atoms with Crippen LogP contribution in [-0.2, 0) is 19.2 Å². The summed E-state index contributed by atoms with van der Waals surface area (Å²) in [5.41, 5.74) is 28.0. The van der Waals surface area contributed by atoms with Crippen LogP contribution in [0.1, 0.15) is 80.6 Å². The van der Waals surface area contributed by atoms with Crippen molar-refractivity contribution in [1.82, 2.24) is 0 Å². The average Bonchev–Trinajstić information content (AvgIpc) is 0.834. The fourth-order valence-corrected chi connectivity index (χ4v) is 11.7.